The van der Waals surface area contributed by atoms with Crippen molar-refractivity contribution < 1.29 is 27.2 Å². The van der Waals surface area contributed by atoms with E-state index in [0.717, 1.165) is 16.9 Å². The topological polar surface area (TPSA) is 79.4 Å². The molecule has 1 saturated heterocycles. The maximum Gasteiger partial charge on any atom is 0.338 e. The van der Waals surface area contributed by atoms with Gasteiger partial charge in [-0.2, -0.15) is 0 Å². The molecule has 30 heavy (non-hydrogen) atoms. The lowest BCUT2D eigenvalue weighted by atomic mass is 10.1. The van der Waals surface area contributed by atoms with Crippen LogP contribution in [0.25, 0.3) is 0 Å². The predicted molar refractivity (Wildman–Crippen MR) is 109 cm³/mol. The fourth-order valence-corrected chi connectivity index (χ4v) is 3.83. The number of amides is 2. The van der Waals surface area contributed by atoms with E-state index in [1.54, 1.807) is 38.5 Å². The van der Waals surface area contributed by atoms with Gasteiger partial charge in [0.2, 0.25) is 0 Å². The highest BCUT2D eigenvalue weighted by Crippen LogP contribution is 2.32. The van der Waals surface area contributed by atoms with E-state index < -0.39 is 26.7 Å². The molecular formula is C20H24FN3O5S. The van der Waals surface area contributed by atoms with Crippen molar-refractivity contribution in [3.63, 3.8) is 0 Å². The Morgan fingerprint density at radius 1 is 1.03 bits per heavy atom. The zero-order valence-electron chi connectivity index (χ0n) is 17.0. The molecule has 1 heterocycles. The average molecular weight is 437 g/mol. The van der Waals surface area contributed by atoms with Gasteiger partial charge in [-0.05, 0) is 41.8 Å². The van der Waals surface area contributed by atoms with Gasteiger partial charge in [-0.15, -0.1) is 0 Å². The van der Waals surface area contributed by atoms with Gasteiger partial charge in [0.05, 0.1) is 37.7 Å². The molecule has 3 rings (SSSR count). The number of hydrogen-bond acceptors (Lipinski definition) is 5. The summed E-state index contributed by atoms with van der Waals surface area (Å²) in [6, 6.07) is 13.2. The number of hydrazine groups is 1. The molecule has 0 radical (unpaired) electrons. The number of methoxy groups -OCH3 is 2. The molecule has 0 bridgehead atoms. The third-order valence-electron chi connectivity index (χ3n) is 4.95. The standard InChI is InChI=1S/C20H24FN3O5S/c1-28-17-8-4-15(5-9-17)12-13-22-19(16-6-10-18(29-2)11-7-16)14-23(20(22)25)24(21)30(3,26)27/h4-11,19H,12-14H2,1-3H3. The van der Waals surface area contributed by atoms with Gasteiger partial charge in [0.25, 0.3) is 10.0 Å². The highest BCUT2D eigenvalue weighted by atomic mass is 32.2. The smallest absolute Gasteiger partial charge is 0.338 e. The quantitative estimate of drug-likeness (QED) is 0.594. The highest BCUT2D eigenvalue weighted by Gasteiger charge is 2.43. The number of hydrogen-bond donors (Lipinski definition) is 0. The molecule has 0 aliphatic carbocycles. The maximum atomic E-state index is 14.4. The minimum absolute atomic E-state index is 0.128. The fraction of sp³-hybridized carbons (Fsp3) is 0.350. The lowest BCUT2D eigenvalue weighted by Gasteiger charge is -2.24. The van der Waals surface area contributed by atoms with Crippen LogP contribution >= 0.6 is 0 Å². The van der Waals surface area contributed by atoms with Crippen LogP contribution in [0.2, 0.25) is 0 Å². The molecule has 8 nitrogen and oxygen atoms in total. The van der Waals surface area contributed by atoms with Gasteiger partial charge in [-0.3, -0.25) is 0 Å². The lowest BCUT2D eigenvalue weighted by molar-refractivity contribution is -0.0407. The second-order valence-electron chi connectivity index (χ2n) is 6.90. The first-order valence-corrected chi connectivity index (χ1v) is 11.1. The van der Waals surface area contributed by atoms with Crippen molar-refractivity contribution in [2.45, 2.75) is 12.5 Å². The SMILES string of the molecule is COc1ccc(CCN2C(=O)N(N(F)S(C)(=O)=O)CC2c2ccc(OC)cc2)cc1. The van der Waals surface area contributed by atoms with Gasteiger partial charge >= 0.3 is 6.03 Å². The highest BCUT2D eigenvalue weighted by molar-refractivity contribution is 7.88. The van der Waals surface area contributed by atoms with Crippen molar-refractivity contribution in [3.05, 3.63) is 59.7 Å². The van der Waals surface area contributed by atoms with Crippen LogP contribution in [0.1, 0.15) is 17.2 Å². The second-order valence-corrected chi connectivity index (χ2v) is 8.67. The Bertz CT molecular complexity index is 983. The van der Waals surface area contributed by atoms with Crippen LogP contribution in [0.4, 0.5) is 9.28 Å². The van der Waals surface area contributed by atoms with Gasteiger partial charge in [0.15, 0.2) is 0 Å². The van der Waals surface area contributed by atoms with E-state index in [1.807, 2.05) is 24.3 Å². The van der Waals surface area contributed by atoms with Crippen molar-refractivity contribution in [2.24, 2.45) is 0 Å². The van der Waals surface area contributed by atoms with Gasteiger partial charge in [0, 0.05) is 6.54 Å². The van der Waals surface area contributed by atoms with E-state index in [2.05, 4.69) is 0 Å². The minimum Gasteiger partial charge on any atom is -0.497 e. The monoisotopic (exact) mass is 437 g/mol. The normalized spacial score (nSPS) is 17.0. The molecule has 0 saturated carbocycles. The predicted octanol–water partition coefficient (Wildman–Crippen LogP) is 2.79. The summed E-state index contributed by atoms with van der Waals surface area (Å²) in [5, 5.41) is 0.609. The Morgan fingerprint density at radius 3 is 2.07 bits per heavy atom. The molecule has 1 aliphatic rings. The van der Waals surface area contributed by atoms with Gasteiger partial charge in [-0.1, -0.05) is 28.7 Å². The number of rotatable bonds is 8. The third-order valence-corrected chi connectivity index (χ3v) is 5.70. The maximum absolute atomic E-state index is 14.4. The van der Waals surface area contributed by atoms with E-state index in [-0.39, 0.29) is 13.1 Å². The first-order chi connectivity index (χ1) is 14.2. The lowest BCUT2D eigenvalue weighted by Crippen LogP contribution is -2.43. The fourth-order valence-electron chi connectivity index (χ4n) is 3.34. The summed E-state index contributed by atoms with van der Waals surface area (Å²) in [5.74, 6) is 1.37. The molecule has 2 amide bonds. The number of ether oxygens (including phenoxy) is 2. The molecule has 2 aromatic rings. The first-order valence-electron chi connectivity index (χ1n) is 9.25. The van der Waals surface area contributed by atoms with Crippen molar-refractivity contribution in [3.8, 4) is 11.5 Å². The molecule has 2 aromatic carbocycles. The minimum atomic E-state index is -4.22. The summed E-state index contributed by atoms with van der Waals surface area (Å²) in [6.45, 7) is 0.160. The van der Waals surface area contributed by atoms with Crippen LogP contribution < -0.4 is 9.47 Å². The Labute approximate surface area is 175 Å². The van der Waals surface area contributed by atoms with Gasteiger partial charge < -0.3 is 14.4 Å². The van der Waals surface area contributed by atoms with Crippen molar-refractivity contribution in [1.29, 1.82) is 0 Å². The Kier molecular flexibility index (Phi) is 6.47. The molecular weight excluding hydrogens is 413 g/mol. The van der Waals surface area contributed by atoms with Crippen molar-refractivity contribution >= 4 is 16.1 Å². The summed E-state index contributed by atoms with van der Waals surface area (Å²) in [7, 11) is -1.10. The van der Waals surface area contributed by atoms with Crippen LogP contribution in [0.5, 0.6) is 11.5 Å². The van der Waals surface area contributed by atoms with E-state index in [1.165, 1.54) is 4.90 Å². The van der Waals surface area contributed by atoms with E-state index in [9.17, 15) is 17.7 Å². The molecule has 0 N–H and O–H groups in total. The number of urea groups is 1. The number of sulfonamides is 1. The van der Waals surface area contributed by atoms with Crippen LogP contribution in [-0.4, -0.2) is 62.6 Å². The molecule has 0 spiro atoms. The van der Waals surface area contributed by atoms with Crippen LogP contribution in [0, 0.1) is 0 Å². The summed E-state index contributed by atoms with van der Waals surface area (Å²) < 4.78 is 47.5. The average Bonchev–Trinajstić information content (AvgIpc) is 3.07. The summed E-state index contributed by atoms with van der Waals surface area (Å²) >= 11 is 0. The van der Waals surface area contributed by atoms with Crippen molar-refractivity contribution in [2.75, 3.05) is 33.6 Å². The number of benzene rings is 2. The number of halogens is 1. The third kappa shape index (κ3) is 4.65. The molecule has 1 unspecified atom stereocenters. The number of carbonyl (C=O) groups excluding carboxylic acids is 1. The van der Waals surface area contributed by atoms with E-state index >= 15 is 0 Å². The number of nitrogens with zero attached hydrogens (tertiary/aromatic N) is 3. The zero-order valence-corrected chi connectivity index (χ0v) is 17.8. The van der Waals surface area contributed by atoms with E-state index in [4.69, 9.17) is 9.47 Å². The first kappa shape index (κ1) is 21.8. The van der Waals surface area contributed by atoms with Gasteiger partial charge in [0.1, 0.15) is 11.5 Å². The van der Waals surface area contributed by atoms with Crippen LogP contribution in [0.3, 0.4) is 0 Å². The van der Waals surface area contributed by atoms with E-state index in [0.29, 0.717) is 23.4 Å². The zero-order chi connectivity index (χ0) is 21.9. The summed E-state index contributed by atoms with van der Waals surface area (Å²) in [6.07, 6.45) is 1.23. The van der Waals surface area contributed by atoms with Gasteiger partial charge in [-0.25, -0.2) is 18.2 Å². The summed E-state index contributed by atoms with van der Waals surface area (Å²) in [4.78, 5) is 14.4. The molecule has 162 valence electrons. The Morgan fingerprint density at radius 2 is 1.57 bits per heavy atom. The molecule has 1 fully saturated rings. The number of carbonyl (C=O) groups is 1. The van der Waals surface area contributed by atoms with Crippen molar-refractivity contribution in [1.82, 2.24) is 14.5 Å². The second kappa shape index (κ2) is 8.88. The molecule has 0 aromatic heterocycles. The molecule has 1 atom stereocenters. The summed E-state index contributed by atoms with van der Waals surface area (Å²) in [5.41, 5.74) is 1.72. The van der Waals surface area contributed by atoms with Crippen LogP contribution in [0.15, 0.2) is 48.5 Å². The van der Waals surface area contributed by atoms with Crippen LogP contribution in [-0.2, 0) is 16.4 Å². The largest absolute Gasteiger partial charge is 0.497 e. The Balaban J connectivity index is 1.84. The molecule has 1 aliphatic heterocycles. The molecule has 10 heteroatoms. The Hall–Kier alpha value is -2.85.